The SMILES string of the molecule is C[C@@H](Sc1nnc2ccc(C(F)(F)F)cn12)C(=O)N1CCN(Cc2ccccc2)CC1. The van der Waals surface area contributed by atoms with Crippen molar-refractivity contribution in [3.05, 3.63) is 59.8 Å². The molecule has 4 rings (SSSR count). The van der Waals surface area contributed by atoms with Crippen LogP contribution >= 0.6 is 11.8 Å². The summed E-state index contributed by atoms with van der Waals surface area (Å²) in [5, 5.41) is 7.67. The number of nitrogens with zero attached hydrogens (tertiary/aromatic N) is 5. The molecule has 0 bridgehead atoms. The maximum absolute atomic E-state index is 13.0. The smallest absolute Gasteiger partial charge is 0.339 e. The Kier molecular flexibility index (Phi) is 6.19. The number of fused-ring (bicyclic) bond motifs is 1. The van der Waals surface area contributed by atoms with Gasteiger partial charge in [-0.05, 0) is 24.6 Å². The van der Waals surface area contributed by atoms with Gasteiger partial charge in [-0.2, -0.15) is 13.2 Å². The molecule has 1 saturated heterocycles. The number of amides is 1. The number of benzene rings is 1. The molecule has 1 aromatic carbocycles. The third kappa shape index (κ3) is 5.01. The van der Waals surface area contributed by atoms with Crippen LogP contribution in [-0.4, -0.2) is 61.7 Å². The van der Waals surface area contributed by atoms with E-state index in [4.69, 9.17) is 0 Å². The Bertz CT molecular complexity index is 1050. The molecule has 6 nitrogen and oxygen atoms in total. The van der Waals surface area contributed by atoms with E-state index in [-0.39, 0.29) is 11.1 Å². The molecule has 1 aliphatic heterocycles. The summed E-state index contributed by atoms with van der Waals surface area (Å²) in [6, 6.07) is 12.4. The average Bonchev–Trinajstić information content (AvgIpc) is 3.16. The van der Waals surface area contributed by atoms with Gasteiger partial charge in [0, 0.05) is 38.9 Å². The highest BCUT2D eigenvalue weighted by molar-refractivity contribution is 8.00. The van der Waals surface area contributed by atoms with Gasteiger partial charge in [-0.3, -0.25) is 14.1 Å². The minimum absolute atomic E-state index is 0.0481. The van der Waals surface area contributed by atoms with E-state index in [0.717, 1.165) is 43.7 Å². The first-order valence-electron chi connectivity index (χ1n) is 9.95. The first kappa shape index (κ1) is 21.6. The Morgan fingerprint density at radius 1 is 1.06 bits per heavy atom. The number of halogens is 3. The second kappa shape index (κ2) is 8.88. The lowest BCUT2D eigenvalue weighted by atomic mass is 10.2. The molecule has 1 fully saturated rings. The Labute approximate surface area is 182 Å². The second-order valence-corrected chi connectivity index (χ2v) is 8.78. The summed E-state index contributed by atoms with van der Waals surface area (Å²) in [5.41, 5.74) is 0.767. The van der Waals surface area contributed by atoms with Crippen molar-refractivity contribution in [2.45, 2.75) is 30.1 Å². The van der Waals surface area contributed by atoms with Gasteiger partial charge in [0.25, 0.3) is 0 Å². The molecular formula is C21H22F3N5OS. The minimum atomic E-state index is -4.46. The van der Waals surface area contributed by atoms with Crippen LogP contribution in [-0.2, 0) is 17.5 Å². The van der Waals surface area contributed by atoms with Crippen LogP contribution in [0.1, 0.15) is 18.1 Å². The lowest BCUT2D eigenvalue weighted by molar-refractivity contribution is -0.138. The molecule has 0 spiro atoms. The third-order valence-corrected chi connectivity index (χ3v) is 6.31. The molecule has 0 N–H and O–H groups in total. The summed E-state index contributed by atoms with van der Waals surface area (Å²) < 4.78 is 40.4. The molecule has 3 aromatic rings. The Morgan fingerprint density at radius 3 is 2.45 bits per heavy atom. The fourth-order valence-corrected chi connectivity index (χ4v) is 4.47. The zero-order chi connectivity index (χ0) is 22.0. The number of rotatable bonds is 5. The number of alkyl halides is 3. The number of hydrogen-bond acceptors (Lipinski definition) is 5. The Balaban J connectivity index is 1.37. The van der Waals surface area contributed by atoms with Crippen molar-refractivity contribution in [1.29, 1.82) is 0 Å². The van der Waals surface area contributed by atoms with Gasteiger partial charge in [-0.1, -0.05) is 42.1 Å². The minimum Gasteiger partial charge on any atom is -0.339 e. The molecule has 0 radical (unpaired) electrons. The van der Waals surface area contributed by atoms with Crippen molar-refractivity contribution >= 4 is 23.3 Å². The van der Waals surface area contributed by atoms with E-state index in [1.54, 1.807) is 6.92 Å². The van der Waals surface area contributed by atoms with Crippen LogP contribution in [0.3, 0.4) is 0 Å². The summed E-state index contributed by atoms with van der Waals surface area (Å²) in [6.45, 7) is 5.39. The van der Waals surface area contributed by atoms with Gasteiger partial charge >= 0.3 is 6.18 Å². The van der Waals surface area contributed by atoms with Gasteiger partial charge in [0.1, 0.15) is 0 Å². The van der Waals surface area contributed by atoms with E-state index in [0.29, 0.717) is 18.7 Å². The molecule has 2 aromatic heterocycles. The third-order valence-electron chi connectivity index (χ3n) is 5.26. The van der Waals surface area contributed by atoms with Crippen molar-refractivity contribution in [2.75, 3.05) is 26.2 Å². The monoisotopic (exact) mass is 449 g/mol. The van der Waals surface area contributed by atoms with Crippen LogP contribution in [0, 0.1) is 0 Å². The summed E-state index contributed by atoms with van der Waals surface area (Å²) in [6.07, 6.45) is -3.49. The first-order chi connectivity index (χ1) is 14.8. The van der Waals surface area contributed by atoms with Crippen molar-refractivity contribution in [3.8, 4) is 0 Å². The molecule has 0 unspecified atom stereocenters. The maximum Gasteiger partial charge on any atom is 0.417 e. The topological polar surface area (TPSA) is 53.7 Å². The highest BCUT2D eigenvalue weighted by atomic mass is 32.2. The average molecular weight is 450 g/mol. The number of carbonyl (C=O) groups is 1. The van der Waals surface area contributed by atoms with E-state index in [1.807, 2.05) is 23.1 Å². The molecule has 1 amide bonds. The number of thioether (sulfide) groups is 1. The van der Waals surface area contributed by atoms with E-state index in [1.165, 1.54) is 16.0 Å². The molecular weight excluding hydrogens is 427 g/mol. The second-order valence-electron chi connectivity index (χ2n) is 7.47. The van der Waals surface area contributed by atoms with Gasteiger partial charge in [0.15, 0.2) is 10.8 Å². The summed E-state index contributed by atoms with van der Waals surface area (Å²) in [5.74, 6) is -0.0481. The quantitative estimate of drug-likeness (QED) is 0.558. The predicted molar refractivity (Wildman–Crippen MR) is 112 cm³/mol. The highest BCUT2D eigenvalue weighted by Gasteiger charge is 2.32. The molecule has 1 aliphatic rings. The zero-order valence-corrected chi connectivity index (χ0v) is 17.7. The molecule has 0 saturated carbocycles. The highest BCUT2D eigenvalue weighted by Crippen LogP contribution is 2.31. The summed E-state index contributed by atoms with van der Waals surface area (Å²) >= 11 is 1.12. The van der Waals surface area contributed by atoms with Crippen molar-refractivity contribution in [2.24, 2.45) is 0 Å². The van der Waals surface area contributed by atoms with Crippen LogP contribution in [0.15, 0.2) is 53.8 Å². The number of hydrogen-bond donors (Lipinski definition) is 0. The van der Waals surface area contributed by atoms with Crippen LogP contribution < -0.4 is 0 Å². The van der Waals surface area contributed by atoms with E-state index in [2.05, 4.69) is 27.2 Å². The van der Waals surface area contributed by atoms with Gasteiger partial charge in [-0.25, -0.2) is 0 Å². The number of piperazine rings is 1. The van der Waals surface area contributed by atoms with Crippen molar-refractivity contribution in [1.82, 2.24) is 24.4 Å². The number of aromatic nitrogens is 3. The summed E-state index contributed by atoms with van der Waals surface area (Å²) in [7, 11) is 0. The standard InChI is InChI=1S/C21H22F3N5OS/c1-15(31-20-26-25-18-8-7-17(14-29(18)20)21(22,23)24)19(30)28-11-9-27(10-12-28)13-16-5-3-2-4-6-16/h2-8,14-15H,9-13H2,1H3/t15-/m1/s1. The van der Waals surface area contributed by atoms with Crippen LogP contribution in [0.5, 0.6) is 0 Å². The van der Waals surface area contributed by atoms with Crippen LogP contribution in [0.4, 0.5) is 13.2 Å². The van der Waals surface area contributed by atoms with E-state index >= 15 is 0 Å². The first-order valence-corrected chi connectivity index (χ1v) is 10.8. The molecule has 164 valence electrons. The van der Waals surface area contributed by atoms with Gasteiger partial charge in [0.2, 0.25) is 5.91 Å². The largest absolute Gasteiger partial charge is 0.417 e. The molecule has 10 heteroatoms. The Hall–Kier alpha value is -2.59. The number of pyridine rings is 1. The predicted octanol–water partition coefficient (Wildman–Crippen LogP) is 3.57. The van der Waals surface area contributed by atoms with Crippen LogP contribution in [0.25, 0.3) is 5.65 Å². The fraction of sp³-hybridized carbons (Fsp3) is 0.381. The van der Waals surface area contributed by atoms with Crippen molar-refractivity contribution < 1.29 is 18.0 Å². The zero-order valence-electron chi connectivity index (χ0n) is 16.9. The normalized spacial score (nSPS) is 16.6. The van der Waals surface area contributed by atoms with Gasteiger partial charge in [0.05, 0.1) is 10.8 Å². The maximum atomic E-state index is 13.0. The summed E-state index contributed by atoms with van der Waals surface area (Å²) in [4.78, 5) is 17.0. The van der Waals surface area contributed by atoms with Crippen LogP contribution in [0.2, 0.25) is 0 Å². The van der Waals surface area contributed by atoms with E-state index < -0.39 is 17.0 Å². The lowest BCUT2D eigenvalue weighted by Crippen LogP contribution is -2.50. The molecule has 31 heavy (non-hydrogen) atoms. The molecule has 3 heterocycles. The van der Waals surface area contributed by atoms with E-state index in [9.17, 15) is 18.0 Å². The number of carbonyl (C=O) groups excluding carboxylic acids is 1. The van der Waals surface area contributed by atoms with Gasteiger partial charge < -0.3 is 4.90 Å². The fourth-order valence-electron chi connectivity index (χ4n) is 3.55. The van der Waals surface area contributed by atoms with Crippen molar-refractivity contribution in [3.63, 3.8) is 0 Å². The Morgan fingerprint density at radius 2 is 1.77 bits per heavy atom. The lowest BCUT2D eigenvalue weighted by Gasteiger charge is -2.35. The molecule has 0 aliphatic carbocycles. The molecule has 1 atom stereocenters. The van der Waals surface area contributed by atoms with Gasteiger partial charge in [-0.15, -0.1) is 10.2 Å².